The quantitative estimate of drug-likeness (QED) is 0.119. The predicted octanol–water partition coefficient (Wildman–Crippen LogP) is 3.10. The highest BCUT2D eigenvalue weighted by Crippen LogP contribution is 2.33. The largest absolute Gasteiger partial charge is 0.489 e. The number of benzene rings is 2. The molecule has 6 N–H and O–H groups in total. The minimum Gasteiger partial charge on any atom is -0.489 e. The first-order chi connectivity index (χ1) is 26.9. The molecule has 0 saturated heterocycles. The summed E-state index contributed by atoms with van der Waals surface area (Å²) < 4.78 is 12.9. The molecule has 0 aliphatic carbocycles. The molecule has 0 radical (unpaired) electrons. The van der Waals surface area contributed by atoms with Crippen LogP contribution in [0.15, 0.2) is 36.4 Å². The molecular weight excluding hydrogens is 719 g/mol. The van der Waals surface area contributed by atoms with Crippen molar-refractivity contribution in [2.45, 2.75) is 66.7 Å². The van der Waals surface area contributed by atoms with Crippen molar-refractivity contribution in [3.8, 4) is 5.75 Å². The number of carbonyl (C=O) groups is 4. The molecule has 0 atom stereocenters. The van der Waals surface area contributed by atoms with Crippen LogP contribution in [-0.2, 0) is 32.6 Å². The van der Waals surface area contributed by atoms with Crippen LogP contribution in [0.2, 0.25) is 0 Å². The molecule has 0 unspecified atom stereocenters. The van der Waals surface area contributed by atoms with Crippen LogP contribution in [0.5, 0.6) is 5.75 Å². The van der Waals surface area contributed by atoms with Crippen LogP contribution in [0.1, 0.15) is 78.9 Å². The Morgan fingerprint density at radius 2 is 1.59 bits per heavy atom. The van der Waals surface area contributed by atoms with E-state index in [4.69, 9.17) is 16.2 Å². The molecule has 18 nitrogen and oxygen atoms in total. The van der Waals surface area contributed by atoms with Gasteiger partial charge in [-0.1, -0.05) is 6.92 Å². The highest BCUT2D eigenvalue weighted by atomic mass is 16.5. The van der Waals surface area contributed by atoms with Crippen molar-refractivity contribution in [1.82, 2.24) is 43.6 Å². The average molecular weight is 764 g/mol. The van der Waals surface area contributed by atoms with Gasteiger partial charge in [-0.3, -0.25) is 39.2 Å². The predicted molar refractivity (Wildman–Crippen MR) is 209 cm³/mol. The van der Waals surface area contributed by atoms with Gasteiger partial charge in [0.15, 0.2) is 0 Å². The Hall–Kier alpha value is -6.56. The molecule has 0 saturated carbocycles. The van der Waals surface area contributed by atoms with Crippen molar-refractivity contribution in [3.05, 3.63) is 75.9 Å². The maximum Gasteiger partial charge on any atom is 0.276 e. The van der Waals surface area contributed by atoms with Crippen molar-refractivity contribution < 1.29 is 23.9 Å². The van der Waals surface area contributed by atoms with Crippen LogP contribution in [0.4, 0.5) is 11.9 Å². The maximum atomic E-state index is 14.0. The number of hydrogen-bond acceptors (Lipinski definition) is 10. The van der Waals surface area contributed by atoms with E-state index in [9.17, 15) is 19.2 Å². The minimum atomic E-state index is -0.594. The monoisotopic (exact) mass is 763 g/mol. The highest BCUT2D eigenvalue weighted by Gasteiger charge is 2.27. The standard InChI is InChI=1S/C38H45N13O5/c1-6-11-48-28-9-8-23(33(39)52)18-26(28)41-37(48)43-35(54)29-17-21(3)45-51(29)14-13-47(5)12-10-25-22(4)46-50(7-2)31(25)36(55)44-38-42-27-19-24(34(40)53)20-30-32(27)49(38)15-16-56-30/h8-9,17-20H,6-7,10-16H2,1-5H3,(H2,39,52)(H2,40,53)(H,41,43,54)(H,42,44,55). The number of ether oxygens (including phenoxy) is 1. The Balaban J connectivity index is 1.04. The van der Waals surface area contributed by atoms with Gasteiger partial charge in [-0.2, -0.15) is 10.2 Å². The first-order valence-corrected chi connectivity index (χ1v) is 18.6. The number of amides is 4. The van der Waals surface area contributed by atoms with E-state index in [0.717, 1.165) is 23.2 Å². The molecule has 5 heterocycles. The number of imidazole rings is 2. The zero-order valence-electron chi connectivity index (χ0n) is 32.0. The molecule has 7 rings (SSSR count). The lowest BCUT2D eigenvalue weighted by Crippen LogP contribution is -2.29. The number of primary amides is 2. The number of hydrogen-bond donors (Lipinski definition) is 4. The SMILES string of the molecule is CCCn1c(NC(=O)c2cc(C)nn2CCN(C)CCc2c(C)nn(CC)c2C(=O)Nc2nc3cc(C(N)=O)cc4c3n2CCO4)nc2cc(C(N)=O)ccc21. The summed E-state index contributed by atoms with van der Waals surface area (Å²) in [4.78, 5) is 62.7. The third kappa shape index (κ3) is 7.17. The normalized spacial score (nSPS) is 12.4. The van der Waals surface area contributed by atoms with Crippen molar-refractivity contribution in [3.63, 3.8) is 0 Å². The number of carbonyl (C=O) groups excluding carboxylic acids is 4. The summed E-state index contributed by atoms with van der Waals surface area (Å²) in [7, 11) is 1.98. The van der Waals surface area contributed by atoms with Gasteiger partial charge in [0.1, 0.15) is 29.3 Å². The number of nitrogens with zero attached hydrogens (tertiary/aromatic N) is 9. The van der Waals surface area contributed by atoms with E-state index < -0.39 is 11.8 Å². The molecule has 0 fully saturated rings. The van der Waals surface area contributed by atoms with Gasteiger partial charge < -0.3 is 30.2 Å². The molecule has 56 heavy (non-hydrogen) atoms. The lowest BCUT2D eigenvalue weighted by Gasteiger charge is -2.19. The molecule has 6 aromatic rings. The van der Waals surface area contributed by atoms with Crippen LogP contribution in [0, 0.1) is 13.8 Å². The van der Waals surface area contributed by atoms with Gasteiger partial charge in [-0.15, -0.1) is 0 Å². The van der Waals surface area contributed by atoms with Crippen molar-refractivity contribution in [2.24, 2.45) is 11.5 Å². The van der Waals surface area contributed by atoms with Crippen LogP contribution in [-0.4, -0.2) is 93.9 Å². The van der Waals surface area contributed by atoms with E-state index >= 15 is 0 Å². The fourth-order valence-corrected chi connectivity index (χ4v) is 7.18. The second-order valence-corrected chi connectivity index (χ2v) is 13.9. The van der Waals surface area contributed by atoms with Gasteiger partial charge in [-0.05, 0) is 77.1 Å². The van der Waals surface area contributed by atoms with E-state index in [0.29, 0.717) is 109 Å². The summed E-state index contributed by atoms with van der Waals surface area (Å²) in [6, 6.07) is 9.99. The number of likely N-dealkylation sites (N-methyl/N-ethyl adjacent to an activating group) is 1. The molecule has 4 aromatic heterocycles. The summed E-state index contributed by atoms with van der Waals surface area (Å²) in [6.45, 7) is 11.2. The van der Waals surface area contributed by atoms with Crippen LogP contribution in [0.25, 0.3) is 22.1 Å². The topological polar surface area (TPSA) is 228 Å². The summed E-state index contributed by atoms with van der Waals surface area (Å²) in [6.07, 6.45) is 1.35. The molecule has 4 amide bonds. The second kappa shape index (κ2) is 15.3. The molecule has 1 aliphatic rings. The third-order valence-corrected chi connectivity index (χ3v) is 9.93. The lowest BCUT2D eigenvalue weighted by atomic mass is 10.1. The number of fused-ring (bicyclic) bond motifs is 1. The maximum absolute atomic E-state index is 14.0. The Morgan fingerprint density at radius 3 is 2.32 bits per heavy atom. The summed E-state index contributed by atoms with van der Waals surface area (Å²) >= 11 is 0. The summed E-state index contributed by atoms with van der Waals surface area (Å²) in [5.74, 6) is -0.644. The van der Waals surface area contributed by atoms with Crippen LogP contribution in [0.3, 0.4) is 0 Å². The fraction of sp³-hybridized carbons (Fsp3) is 0.368. The van der Waals surface area contributed by atoms with E-state index in [-0.39, 0.29) is 17.4 Å². The van der Waals surface area contributed by atoms with Crippen molar-refractivity contribution in [2.75, 3.05) is 37.4 Å². The van der Waals surface area contributed by atoms with Gasteiger partial charge in [0.2, 0.25) is 23.7 Å². The van der Waals surface area contributed by atoms with Crippen LogP contribution < -0.4 is 26.8 Å². The number of aryl methyl sites for hydroxylation is 4. The first kappa shape index (κ1) is 37.7. The molecule has 0 spiro atoms. The van der Waals surface area contributed by atoms with Gasteiger partial charge >= 0.3 is 0 Å². The Labute approximate surface area is 321 Å². The Bertz CT molecular complexity index is 2520. The van der Waals surface area contributed by atoms with Crippen molar-refractivity contribution >= 4 is 57.6 Å². The van der Waals surface area contributed by atoms with Crippen molar-refractivity contribution in [1.29, 1.82) is 0 Å². The van der Waals surface area contributed by atoms with Gasteiger partial charge in [-0.25, -0.2) is 9.97 Å². The molecular formula is C38H45N13O5. The summed E-state index contributed by atoms with van der Waals surface area (Å²) in [5, 5.41) is 15.2. The number of nitrogens with two attached hydrogens (primary N) is 2. The molecule has 18 heteroatoms. The van der Waals surface area contributed by atoms with E-state index in [2.05, 4.69) is 35.7 Å². The van der Waals surface area contributed by atoms with Gasteiger partial charge in [0.05, 0.1) is 41.0 Å². The lowest BCUT2D eigenvalue weighted by molar-refractivity contribution is 0.0991. The number of aromatic nitrogens is 8. The number of anilines is 2. The second-order valence-electron chi connectivity index (χ2n) is 13.9. The zero-order chi connectivity index (χ0) is 39.8. The smallest absolute Gasteiger partial charge is 0.276 e. The summed E-state index contributed by atoms with van der Waals surface area (Å²) in [5.41, 5.74) is 17.3. The van der Waals surface area contributed by atoms with E-state index in [1.54, 1.807) is 45.8 Å². The fourth-order valence-electron chi connectivity index (χ4n) is 7.18. The minimum absolute atomic E-state index is 0.275. The third-order valence-electron chi connectivity index (χ3n) is 9.93. The van der Waals surface area contributed by atoms with Crippen LogP contribution >= 0.6 is 0 Å². The number of nitrogens with one attached hydrogen (secondary N) is 2. The molecule has 0 bridgehead atoms. The molecule has 2 aromatic carbocycles. The zero-order valence-corrected chi connectivity index (χ0v) is 32.0. The van der Waals surface area contributed by atoms with E-state index in [1.807, 2.05) is 43.9 Å². The first-order valence-electron chi connectivity index (χ1n) is 18.6. The average Bonchev–Trinajstić information content (AvgIpc) is 3.91. The Morgan fingerprint density at radius 1 is 0.857 bits per heavy atom. The van der Waals surface area contributed by atoms with Gasteiger partial charge in [0.25, 0.3) is 11.8 Å². The number of rotatable bonds is 15. The highest BCUT2D eigenvalue weighted by molar-refractivity contribution is 6.05. The van der Waals surface area contributed by atoms with E-state index in [1.165, 1.54) is 0 Å². The molecule has 292 valence electrons. The van der Waals surface area contributed by atoms with Gasteiger partial charge in [0, 0.05) is 42.9 Å². The Kier molecular flexibility index (Phi) is 10.3. The molecule has 1 aliphatic heterocycles.